The minimum atomic E-state index is 0.810. The molecule has 3 heteroatoms. The van der Waals surface area contributed by atoms with Crippen LogP contribution in [0.1, 0.15) is 141 Å². The minimum Gasteiger partial charge on any atom is -0.388 e. The van der Waals surface area contributed by atoms with E-state index in [0.717, 1.165) is 29.1 Å². The molecule has 266 valence electrons. The molecule has 1 spiro atoms. The van der Waals surface area contributed by atoms with Crippen molar-refractivity contribution in [3.63, 3.8) is 0 Å². The molecule has 0 aromatic heterocycles. The number of nitrogens with one attached hydrogen (secondary N) is 2. The predicted octanol–water partition coefficient (Wildman–Crippen LogP) is 12.8. The van der Waals surface area contributed by atoms with Crippen LogP contribution in [0.2, 0.25) is 0 Å². The lowest BCUT2D eigenvalue weighted by Gasteiger charge is -2.13. The van der Waals surface area contributed by atoms with Crippen molar-refractivity contribution in [1.29, 1.82) is 0 Å². The van der Waals surface area contributed by atoms with E-state index in [1.807, 2.05) is 67.8 Å². The van der Waals surface area contributed by atoms with E-state index in [9.17, 15) is 0 Å². The van der Waals surface area contributed by atoms with Crippen molar-refractivity contribution in [1.82, 2.24) is 15.5 Å². The van der Waals surface area contributed by atoms with Crippen LogP contribution >= 0.6 is 0 Å². The van der Waals surface area contributed by atoms with Crippen molar-refractivity contribution in [3.8, 4) is 0 Å². The lowest BCUT2D eigenvalue weighted by Crippen LogP contribution is -2.19. The first-order valence-electron chi connectivity index (χ1n) is 17.7. The van der Waals surface area contributed by atoms with Crippen molar-refractivity contribution in [2.45, 2.75) is 141 Å². The second-order valence-electron chi connectivity index (χ2n) is 10.6. The third-order valence-electron chi connectivity index (χ3n) is 6.57. The Hall–Kier alpha value is -1.84. The molecule has 3 nitrogen and oxygen atoms in total. The van der Waals surface area contributed by atoms with Crippen LogP contribution in [-0.2, 0) is 0 Å². The Morgan fingerprint density at radius 2 is 1.34 bits per heavy atom. The van der Waals surface area contributed by atoms with Crippen LogP contribution in [-0.4, -0.2) is 45.7 Å². The van der Waals surface area contributed by atoms with Crippen LogP contribution in [0.25, 0.3) is 0 Å². The average molecular weight is 622 g/mol. The molecule has 0 aromatic rings. The molecule has 2 rings (SSSR count). The number of hydrogen-bond donors (Lipinski definition) is 2. The highest BCUT2D eigenvalue weighted by Gasteiger charge is 2.50. The Labute approximate surface area is 282 Å². The maximum atomic E-state index is 3.66. The molecule has 2 aliphatic rings. The molecule has 2 fully saturated rings. The van der Waals surface area contributed by atoms with Crippen molar-refractivity contribution in [2.75, 3.05) is 40.8 Å². The van der Waals surface area contributed by atoms with Crippen LogP contribution in [0.5, 0.6) is 0 Å². The molecule has 1 aliphatic carbocycles. The van der Waals surface area contributed by atoms with Gasteiger partial charge in [-0.25, -0.2) is 0 Å². The highest BCUT2D eigenvalue weighted by molar-refractivity contribution is 5.19. The molecule has 2 atom stereocenters. The van der Waals surface area contributed by atoms with Gasteiger partial charge in [-0.15, -0.1) is 13.2 Å². The normalized spacial score (nSPS) is 17.4. The Kier molecular flexibility index (Phi) is 66.7. The molecule has 1 aliphatic heterocycles. The van der Waals surface area contributed by atoms with Crippen molar-refractivity contribution in [3.05, 3.63) is 74.0 Å². The van der Waals surface area contributed by atoms with Gasteiger partial charge >= 0.3 is 0 Å². The largest absolute Gasteiger partial charge is 0.388 e. The zero-order chi connectivity index (χ0) is 36.4. The van der Waals surface area contributed by atoms with Gasteiger partial charge in [0, 0.05) is 12.7 Å². The molecule has 1 saturated heterocycles. The van der Waals surface area contributed by atoms with Gasteiger partial charge in [-0.3, -0.25) is 0 Å². The quantitative estimate of drug-likeness (QED) is 0.219. The number of unbranched alkanes of at least 4 members (excludes halogenated alkanes) is 1. The number of nitrogens with zero attached hydrogens (tertiary/aromatic N) is 1. The molecule has 2 unspecified atom stereocenters. The average Bonchev–Trinajstić information content (AvgIpc) is 3.75. The van der Waals surface area contributed by atoms with E-state index in [-0.39, 0.29) is 0 Å². The molecule has 0 aromatic carbocycles. The van der Waals surface area contributed by atoms with E-state index in [1.54, 1.807) is 6.08 Å². The third-order valence-corrected chi connectivity index (χ3v) is 6.57. The van der Waals surface area contributed by atoms with Crippen LogP contribution < -0.4 is 10.6 Å². The summed E-state index contributed by atoms with van der Waals surface area (Å²) in [5, 5.41) is 5.89. The summed E-state index contributed by atoms with van der Waals surface area (Å²) in [5.41, 5.74) is 3.97. The van der Waals surface area contributed by atoms with Crippen molar-refractivity contribution < 1.29 is 0 Å². The Morgan fingerprint density at radius 3 is 1.57 bits per heavy atom. The van der Waals surface area contributed by atoms with Gasteiger partial charge in [-0.05, 0) is 104 Å². The zero-order valence-electron chi connectivity index (χ0n) is 33.6. The van der Waals surface area contributed by atoms with Crippen LogP contribution in [0, 0.1) is 11.3 Å². The summed E-state index contributed by atoms with van der Waals surface area (Å²) in [5.74, 6) is 1.04. The van der Waals surface area contributed by atoms with Gasteiger partial charge in [0.1, 0.15) is 0 Å². The molecular weight excluding hydrogens is 534 g/mol. The molecule has 1 saturated carbocycles. The second-order valence-corrected chi connectivity index (χ2v) is 10.6. The van der Waals surface area contributed by atoms with Crippen LogP contribution in [0.15, 0.2) is 74.0 Å². The molecule has 2 N–H and O–H groups in total. The highest BCUT2D eigenvalue weighted by Crippen LogP contribution is 2.58. The van der Waals surface area contributed by atoms with Gasteiger partial charge in [-0.2, -0.15) is 0 Å². The van der Waals surface area contributed by atoms with E-state index < -0.39 is 0 Å². The first-order chi connectivity index (χ1) is 21.0. The number of likely N-dealkylation sites (tertiary alicyclic amines) is 1. The lowest BCUT2D eigenvalue weighted by molar-refractivity contribution is 0.333. The first kappa shape index (κ1) is 57.8. The summed E-state index contributed by atoms with van der Waals surface area (Å²) in [7, 11) is 6.05. The van der Waals surface area contributed by atoms with Gasteiger partial charge in [0.15, 0.2) is 0 Å². The topological polar surface area (TPSA) is 27.3 Å². The summed E-state index contributed by atoms with van der Waals surface area (Å²) in [4.78, 5) is 2.49. The van der Waals surface area contributed by atoms with Crippen molar-refractivity contribution in [2.24, 2.45) is 11.3 Å². The highest BCUT2D eigenvalue weighted by atomic mass is 15.1. The first-order valence-corrected chi connectivity index (χ1v) is 17.7. The SMILES string of the molecule is C=C.C=C(C)C(=C)NC.C=C/C=C\C(C)=C/C.CC.CC.CC1CC12CCCN(C)CC2.CCC.CCCC.CCCNC. The van der Waals surface area contributed by atoms with Gasteiger partial charge in [0.2, 0.25) is 0 Å². The second kappa shape index (κ2) is 50.8. The van der Waals surface area contributed by atoms with Gasteiger partial charge in [0.05, 0.1) is 0 Å². The maximum Gasteiger partial charge on any atom is 0.0288 e. The number of likely N-dealkylation sites (N-methyl/N-ethyl adjacent to an activating group) is 1. The van der Waals surface area contributed by atoms with E-state index in [2.05, 4.69) is 110 Å². The maximum absolute atomic E-state index is 3.66. The minimum absolute atomic E-state index is 0.810. The summed E-state index contributed by atoms with van der Waals surface area (Å²) in [6.07, 6.45) is 18.8. The molecule has 0 amide bonds. The van der Waals surface area contributed by atoms with Gasteiger partial charge in [-0.1, -0.05) is 138 Å². The Bertz CT molecular complexity index is 611. The summed E-state index contributed by atoms with van der Waals surface area (Å²) in [6, 6.07) is 0. The predicted molar refractivity (Wildman–Crippen MR) is 214 cm³/mol. The number of rotatable bonds is 7. The van der Waals surface area contributed by atoms with Crippen LogP contribution in [0.4, 0.5) is 0 Å². The standard InChI is InChI=1S/C10H19N.C8H12.C6H11N.C4H11N.C4H10.C3H8.2C2H6.C2H4/c1-9-8-10(9)4-3-6-11(2)7-5-10;1-4-6-7-8(3)5-2;1-5(2)6(3)7-4;1-3-4-5-2;1-3-4-2;1-3-2;3*1-2/h9H,3-8H2,1-2H3;4-7H,1H2,2-3H3;7H,1,3H2,2,4H3;5H,3-4H2,1-2H3;3-4H2,1-2H3;3H2,1-2H3;2*1-2H3;1-2H2/b;7-6-,8-5-;;;;;;;. The third kappa shape index (κ3) is 49.8. The number of hydrogen-bond acceptors (Lipinski definition) is 3. The van der Waals surface area contributed by atoms with E-state index in [1.165, 1.54) is 70.0 Å². The molecule has 44 heavy (non-hydrogen) atoms. The summed E-state index contributed by atoms with van der Waals surface area (Å²) >= 11 is 0. The van der Waals surface area contributed by atoms with E-state index >= 15 is 0 Å². The number of allylic oxidation sites excluding steroid dienone is 6. The fourth-order valence-corrected chi connectivity index (χ4v) is 3.38. The molecule has 1 heterocycles. The zero-order valence-corrected chi connectivity index (χ0v) is 33.6. The molecule has 0 bridgehead atoms. The fourth-order valence-electron chi connectivity index (χ4n) is 3.38. The fraction of sp³-hybridized carbons (Fsp3) is 0.707. The van der Waals surface area contributed by atoms with Crippen LogP contribution in [0.3, 0.4) is 0 Å². The van der Waals surface area contributed by atoms with E-state index in [4.69, 9.17) is 0 Å². The Morgan fingerprint density at radius 1 is 0.886 bits per heavy atom. The molecular formula is C41H87N3. The smallest absolute Gasteiger partial charge is 0.0288 e. The Balaban J connectivity index is -0.0000000753. The summed E-state index contributed by atoms with van der Waals surface area (Å²) < 4.78 is 0. The van der Waals surface area contributed by atoms with Gasteiger partial charge in [0.25, 0.3) is 0 Å². The summed E-state index contributed by atoms with van der Waals surface area (Å²) in [6.45, 7) is 47.9. The lowest BCUT2D eigenvalue weighted by atomic mass is 9.95. The van der Waals surface area contributed by atoms with E-state index in [0.29, 0.717) is 0 Å². The van der Waals surface area contributed by atoms with Crippen molar-refractivity contribution >= 4 is 0 Å². The monoisotopic (exact) mass is 622 g/mol. The molecule has 0 radical (unpaired) electrons. The van der Waals surface area contributed by atoms with Gasteiger partial charge < -0.3 is 15.5 Å².